The fourth-order valence-corrected chi connectivity index (χ4v) is 4.07. The van der Waals surface area contributed by atoms with Crippen molar-refractivity contribution in [3.05, 3.63) is 48.2 Å². The molecule has 3 heteroatoms. The predicted molar refractivity (Wildman–Crippen MR) is 141 cm³/mol. The van der Waals surface area contributed by atoms with Gasteiger partial charge in [-0.1, -0.05) is 109 Å². The Hall–Kier alpha value is -1.87. The van der Waals surface area contributed by atoms with E-state index in [2.05, 4.69) is 43.1 Å². The van der Waals surface area contributed by atoms with E-state index in [-0.39, 0.29) is 0 Å². The topological polar surface area (TPSA) is 31.4 Å². The SMILES string of the molecule is CCCCCCCCCc1ccc(-c2ccc(OCCOCCCCCCCC)cn2)cc1. The summed E-state index contributed by atoms with van der Waals surface area (Å²) in [4.78, 5) is 4.59. The van der Waals surface area contributed by atoms with Crippen LogP contribution in [0.25, 0.3) is 11.3 Å². The van der Waals surface area contributed by atoms with E-state index in [9.17, 15) is 0 Å². The molecule has 0 spiro atoms. The summed E-state index contributed by atoms with van der Waals surface area (Å²) < 4.78 is 11.5. The number of hydrogen-bond donors (Lipinski definition) is 0. The van der Waals surface area contributed by atoms with Crippen LogP contribution in [0.4, 0.5) is 0 Å². The molecule has 0 saturated carbocycles. The molecule has 0 aliphatic heterocycles. The molecule has 0 aliphatic rings. The molecule has 184 valence electrons. The molecule has 0 unspecified atom stereocenters. The molecule has 0 atom stereocenters. The van der Waals surface area contributed by atoms with Gasteiger partial charge in [-0.05, 0) is 37.0 Å². The number of aryl methyl sites for hydroxylation is 1. The van der Waals surface area contributed by atoms with Crippen molar-refractivity contribution in [1.82, 2.24) is 4.98 Å². The number of pyridine rings is 1. The summed E-state index contributed by atoms with van der Waals surface area (Å²) >= 11 is 0. The Labute approximate surface area is 203 Å². The van der Waals surface area contributed by atoms with E-state index in [1.807, 2.05) is 18.3 Å². The highest BCUT2D eigenvalue weighted by atomic mass is 16.5. The van der Waals surface area contributed by atoms with Crippen molar-refractivity contribution in [2.45, 2.75) is 104 Å². The van der Waals surface area contributed by atoms with Gasteiger partial charge in [0.15, 0.2) is 0 Å². The van der Waals surface area contributed by atoms with Gasteiger partial charge in [0.2, 0.25) is 0 Å². The van der Waals surface area contributed by atoms with Crippen molar-refractivity contribution in [3.63, 3.8) is 0 Å². The molecule has 1 heterocycles. The van der Waals surface area contributed by atoms with Crippen LogP contribution < -0.4 is 4.74 Å². The second kappa shape index (κ2) is 18.5. The Kier molecular flexibility index (Phi) is 15.4. The number of aromatic nitrogens is 1. The molecule has 0 saturated heterocycles. The van der Waals surface area contributed by atoms with Gasteiger partial charge in [0, 0.05) is 12.2 Å². The summed E-state index contributed by atoms with van der Waals surface area (Å²) in [6.45, 7) is 6.57. The molecule has 0 fully saturated rings. The molecule has 2 aromatic rings. The summed E-state index contributed by atoms with van der Waals surface area (Å²) in [5, 5.41) is 0. The third-order valence-corrected chi connectivity index (χ3v) is 6.19. The first-order valence-electron chi connectivity index (χ1n) is 13.6. The fourth-order valence-electron chi connectivity index (χ4n) is 4.07. The number of ether oxygens (including phenoxy) is 2. The Morgan fingerprint density at radius 2 is 1.24 bits per heavy atom. The van der Waals surface area contributed by atoms with Gasteiger partial charge in [0.25, 0.3) is 0 Å². The lowest BCUT2D eigenvalue weighted by molar-refractivity contribution is 0.0969. The summed E-state index contributed by atoms with van der Waals surface area (Å²) in [6, 6.07) is 12.9. The quantitative estimate of drug-likeness (QED) is 0.188. The maximum atomic E-state index is 5.77. The Morgan fingerprint density at radius 1 is 0.606 bits per heavy atom. The minimum absolute atomic E-state index is 0.574. The number of nitrogens with zero attached hydrogens (tertiary/aromatic N) is 1. The highest BCUT2D eigenvalue weighted by Gasteiger charge is 2.02. The van der Waals surface area contributed by atoms with Crippen LogP contribution in [-0.2, 0) is 11.2 Å². The van der Waals surface area contributed by atoms with Gasteiger partial charge in [0.1, 0.15) is 12.4 Å². The molecule has 33 heavy (non-hydrogen) atoms. The first-order valence-corrected chi connectivity index (χ1v) is 13.6. The van der Waals surface area contributed by atoms with Crippen LogP contribution in [0.1, 0.15) is 103 Å². The van der Waals surface area contributed by atoms with E-state index >= 15 is 0 Å². The van der Waals surface area contributed by atoms with E-state index in [0.717, 1.165) is 30.0 Å². The fraction of sp³-hybridized carbons (Fsp3) is 0.633. The van der Waals surface area contributed by atoms with Crippen molar-refractivity contribution < 1.29 is 9.47 Å². The molecule has 0 radical (unpaired) electrons. The van der Waals surface area contributed by atoms with Crippen LogP contribution in [0.5, 0.6) is 5.75 Å². The second-order valence-corrected chi connectivity index (χ2v) is 9.18. The summed E-state index contributed by atoms with van der Waals surface area (Å²) in [7, 11) is 0. The molecule has 3 nitrogen and oxygen atoms in total. The number of unbranched alkanes of at least 4 members (excludes halogenated alkanes) is 11. The zero-order valence-corrected chi connectivity index (χ0v) is 21.3. The largest absolute Gasteiger partial charge is 0.490 e. The molecule has 0 aliphatic carbocycles. The van der Waals surface area contributed by atoms with Crippen LogP contribution in [0.15, 0.2) is 42.6 Å². The summed E-state index contributed by atoms with van der Waals surface area (Å²) in [5.74, 6) is 0.803. The number of benzene rings is 1. The molecule has 0 N–H and O–H groups in total. The standard InChI is InChI=1S/C30H47NO2/c1-3-5-7-9-11-12-14-16-27-17-19-28(20-18-27)30-22-21-29(26-31-30)33-25-24-32-23-15-13-10-8-6-4-2/h17-22,26H,3-16,23-25H2,1-2H3. The normalized spacial score (nSPS) is 11.1. The first kappa shape index (κ1) is 27.4. The molecule has 0 amide bonds. The summed E-state index contributed by atoms with van der Waals surface area (Å²) in [6.07, 6.45) is 20.3. The van der Waals surface area contributed by atoms with Crippen molar-refractivity contribution in [2.24, 2.45) is 0 Å². The minimum atomic E-state index is 0.574. The molecule has 1 aromatic carbocycles. The van der Waals surface area contributed by atoms with Gasteiger partial charge in [-0.2, -0.15) is 0 Å². The van der Waals surface area contributed by atoms with E-state index < -0.39 is 0 Å². The molecular formula is C30H47NO2. The second-order valence-electron chi connectivity index (χ2n) is 9.18. The van der Waals surface area contributed by atoms with Crippen LogP contribution in [-0.4, -0.2) is 24.8 Å². The van der Waals surface area contributed by atoms with Crippen LogP contribution in [0.2, 0.25) is 0 Å². The van der Waals surface area contributed by atoms with E-state index in [0.29, 0.717) is 13.2 Å². The third kappa shape index (κ3) is 12.8. The van der Waals surface area contributed by atoms with Gasteiger partial charge in [-0.25, -0.2) is 0 Å². The van der Waals surface area contributed by atoms with E-state index in [4.69, 9.17) is 9.47 Å². The highest BCUT2D eigenvalue weighted by molar-refractivity contribution is 5.59. The lowest BCUT2D eigenvalue weighted by Crippen LogP contribution is -2.07. The maximum Gasteiger partial charge on any atom is 0.137 e. The van der Waals surface area contributed by atoms with Crippen molar-refractivity contribution in [1.29, 1.82) is 0 Å². The van der Waals surface area contributed by atoms with Crippen molar-refractivity contribution in [2.75, 3.05) is 19.8 Å². The smallest absolute Gasteiger partial charge is 0.137 e. The zero-order chi connectivity index (χ0) is 23.4. The lowest BCUT2D eigenvalue weighted by Gasteiger charge is -2.08. The average molecular weight is 454 g/mol. The Balaban J connectivity index is 1.58. The van der Waals surface area contributed by atoms with Gasteiger partial charge in [-0.15, -0.1) is 0 Å². The van der Waals surface area contributed by atoms with E-state index in [1.165, 1.54) is 89.0 Å². The lowest BCUT2D eigenvalue weighted by atomic mass is 10.0. The van der Waals surface area contributed by atoms with Gasteiger partial charge >= 0.3 is 0 Å². The molecule has 0 bridgehead atoms. The van der Waals surface area contributed by atoms with Crippen molar-refractivity contribution >= 4 is 0 Å². The van der Waals surface area contributed by atoms with Gasteiger partial charge < -0.3 is 9.47 Å². The maximum absolute atomic E-state index is 5.77. The zero-order valence-electron chi connectivity index (χ0n) is 21.3. The number of hydrogen-bond acceptors (Lipinski definition) is 3. The van der Waals surface area contributed by atoms with Crippen LogP contribution >= 0.6 is 0 Å². The van der Waals surface area contributed by atoms with Gasteiger partial charge in [0.05, 0.1) is 18.5 Å². The monoisotopic (exact) mass is 453 g/mol. The van der Waals surface area contributed by atoms with Crippen LogP contribution in [0.3, 0.4) is 0 Å². The van der Waals surface area contributed by atoms with Crippen LogP contribution in [0, 0.1) is 0 Å². The molecule has 2 rings (SSSR count). The highest BCUT2D eigenvalue weighted by Crippen LogP contribution is 2.21. The van der Waals surface area contributed by atoms with E-state index in [1.54, 1.807) is 0 Å². The predicted octanol–water partition coefficient (Wildman–Crippen LogP) is 8.80. The molecular weight excluding hydrogens is 406 g/mol. The Bertz CT molecular complexity index is 696. The Morgan fingerprint density at radius 3 is 1.88 bits per heavy atom. The average Bonchev–Trinajstić information content (AvgIpc) is 2.85. The first-order chi connectivity index (χ1) is 16.3. The van der Waals surface area contributed by atoms with Gasteiger partial charge in [-0.3, -0.25) is 4.98 Å². The third-order valence-electron chi connectivity index (χ3n) is 6.19. The molecule has 1 aromatic heterocycles. The number of rotatable bonds is 20. The minimum Gasteiger partial charge on any atom is -0.490 e. The van der Waals surface area contributed by atoms with Crippen molar-refractivity contribution in [3.8, 4) is 17.0 Å². The summed E-state index contributed by atoms with van der Waals surface area (Å²) in [5.41, 5.74) is 3.57.